The summed E-state index contributed by atoms with van der Waals surface area (Å²) < 4.78 is 25.3. The molecule has 0 fully saturated rings. The fraction of sp³-hybridized carbons (Fsp3) is 0.379. The quantitative estimate of drug-likeness (QED) is 0.204. The lowest BCUT2D eigenvalue weighted by atomic mass is 9.98. The van der Waals surface area contributed by atoms with E-state index in [2.05, 4.69) is 29.0 Å². The molecule has 2 N–H and O–H groups in total. The van der Waals surface area contributed by atoms with Crippen LogP contribution in [0.3, 0.4) is 0 Å². The van der Waals surface area contributed by atoms with E-state index in [1.165, 1.54) is 12.4 Å². The van der Waals surface area contributed by atoms with Crippen LogP contribution in [-0.4, -0.2) is 54.3 Å². The van der Waals surface area contributed by atoms with Gasteiger partial charge in [0.2, 0.25) is 0 Å². The third-order valence-corrected chi connectivity index (χ3v) is 6.72. The van der Waals surface area contributed by atoms with Crippen LogP contribution in [0.15, 0.2) is 53.2 Å². The summed E-state index contributed by atoms with van der Waals surface area (Å²) in [5.74, 6) is 2.15. The largest absolute Gasteiger partial charge is 0.493 e. The summed E-state index contributed by atoms with van der Waals surface area (Å²) >= 11 is 6.52. The first kappa shape index (κ1) is 29.1. The molecule has 40 heavy (non-hydrogen) atoms. The third-order valence-electron chi connectivity index (χ3n) is 6.49. The molecule has 2 atom stereocenters. The first-order valence-corrected chi connectivity index (χ1v) is 13.4. The average molecular weight is 568 g/mol. The van der Waals surface area contributed by atoms with Gasteiger partial charge in [-0.1, -0.05) is 37.6 Å². The lowest BCUT2D eigenvalue weighted by Gasteiger charge is -2.24. The van der Waals surface area contributed by atoms with Crippen molar-refractivity contribution < 1.29 is 23.7 Å². The van der Waals surface area contributed by atoms with E-state index in [1.807, 2.05) is 41.0 Å². The van der Waals surface area contributed by atoms with Crippen LogP contribution >= 0.6 is 11.6 Å². The standard InChI is InChI=1S/C29H34ClN5O5/c1-6-39-29(36)18(15-31)16-32-13-12-24-28-34-33-27(17(2)3)35(28)22-11-10-19(30)14-21(22)25(40-24)20-8-7-9-23(37-4)26(20)38-5/h7-11,14-17,24-25H,6,12-13,31H2,1-5H3/t24?,25-/m1/s1. The lowest BCUT2D eigenvalue weighted by molar-refractivity contribution is -0.137. The number of nitrogens with two attached hydrogens (primary N) is 1. The number of aromatic nitrogens is 3. The number of fused-ring (bicyclic) bond motifs is 3. The minimum Gasteiger partial charge on any atom is -0.493 e. The Hall–Kier alpha value is -3.89. The van der Waals surface area contributed by atoms with Crippen molar-refractivity contribution >= 4 is 23.8 Å². The van der Waals surface area contributed by atoms with Gasteiger partial charge in [0.1, 0.15) is 18.0 Å². The number of esters is 1. The molecule has 10 nitrogen and oxygen atoms in total. The van der Waals surface area contributed by atoms with Crippen LogP contribution in [0.2, 0.25) is 5.02 Å². The van der Waals surface area contributed by atoms with Gasteiger partial charge in [-0.15, -0.1) is 10.2 Å². The lowest BCUT2D eigenvalue weighted by Crippen LogP contribution is -2.14. The Morgan fingerprint density at radius 1 is 1.20 bits per heavy atom. The van der Waals surface area contributed by atoms with E-state index in [9.17, 15) is 4.79 Å². The van der Waals surface area contributed by atoms with E-state index >= 15 is 0 Å². The Labute approximate surface area is 238 Å². The molecule has 0 bridgehead atoms. The topological polar surface area (TPSA) is 123 Å². The van der Waals surface area contributed by atoms with Crippen LogP contribution < -0.4 is 15.2 Å². The highest BCUT2D eigenvalue weighted by Crippen LogP contribution is 2.46. The van der Waals surface area contributed by atoms with E-state index in [1.54, 1.807) is 21.1 Å². The second kappa shape index (κ2) is 13.0. The van der Waals surface area contributed by atoms with Crippen molar-refractivity contribution in [3.05, 3.63) is 76.0 Å². The molecule has 0 saturated heterocycles. The minimum atomic E-state index is -0.575. The highest BCUT2D eigenvalue weighted by molar-refractivity contribution is 6.30. The number of aliphatic imine (C=N–C) groups is 1. The number of hydrogen-bond acceptors (Lipinski definition) is 9. The second-order valence-corrected chi connectivity index (χ2v) is 9.80. The Morgan fingerprint density at radius 3 is 2.67 bits per heavy atom. The summed E-state index contributed by atoms with van der Waals surface area (Å²) in [6.07, 6.45) is 1.94. The van der Waals surface area contributed by atoms with E-state index in [4.69, 9.17) is 36.3 Å². The number of para-hydroxylation sites is 1. The van der Waals surface area contributed by atoms with Gasteiger partial charge < -0.3 is 24.7 Å². The van der Waals surface area contributed by atoms with Gasteiger partial charge in [0.05, 0.1) is 32.1 Å². The van der Waals surface area contributed by atoms with Crippen LogP contribution in [0.1, 0.15) is 68.1 Å². The number of nitrogens with zero attached hydrogens (tertiary/aromatic N) is 4. The van der Waals surface area contributed by atoms with Crippen LogP contribution in [0, 0.1) is 0 Å². The number of ether oxygens (including phenoxy) is 4. The number of hydrogen-bond donors (Lipinski definition) is 1. The van der Waals surface area contributed by atoms with Crippen molar-refractivity contribution in [2.75, 3.05) is 27.4 Å². The summed E-state index contributed by atoms with van der Waals surface area (Å²) in [4.78, 5) is 16.5. The predicted octanol–water partition coefficient (Wildman–Crippen LogP) is 5.09. The van der Waals surface area contributed by atoms with E-state index in [-0.39, 0.29) is 18.1 Å². The Morgan fingerprint density at radius 2 is 2.00 bits per heavy atom. The molecule has 4 rings (SSSR count). The zero-order valence-electron chi connectivity index (χ0n) is 23.3. The molecular weight excluding hydrogens is 534 g/mol. The smallest absolute Gasteiger partial charge is 0.341 e. The summed E-state index contributed by atoms with van der Waals surface area (Å²) in [6.45, 7) is 6.43. The van der Waals surface area contributed by atoms with Crippen LogP contribution in [-0.2, 0) is 14.3 Å². The molecule has 0 aliphatic carbocycles. The molecule has 0 radical (unpaired) electrons. The number of benzene rings is 2. The molecule has 3 aromatic rings. The highest BCUT2D eigenvalue weighted by Gasteiger charge is 2.35. The monoisotopic (exact) mass is 567 g/mol. The van der Waals surface area contributed by atoms with Gasteiger partial charge in [0, 0.05) is 47.4 Å². The second-order valence-electron chi connectivity index (χ2n) is 9.36. The molecule has 2 heterocycles. The molecule has 2 aromatic carbocycles. The molecule has 1 unspecified atom stereocenters. The summed E-state index contributed by atoms with van der Waals surface area (Å²) in [5.41, 5.74) is 8.26. The van der Waals surface area contributed by atoms with Crippen LogP contribution in [0.5, 0.6) is 11.5 Å². The zero-order chi connectivity index (χ0) is 28.8. The first-order valence-electron chi connectivity index (χ1n) is 13.0. The van der Waals surface area contributed by atoms with Crippen molar-refractivity contribution in [3.8, 4) is 17.2 Å². The number of carbonyl (C=O) groups excluding carboxylic acids is 1. The summed E-state index contributed by atoms with van der Waals surface area (Å²) in [5, 5.41) is 9.65. The maximum absolute atomic E-state index is 12.1. The van der Waals surface area contributed by atoms with Crippen molar-refractivity contribution in [2.24, 2.45) is 10.7 Å². The molecule has 0 amide bonds. The zero-order valence-corrected chi connectivity index (χ0v) is 24.0. The molecule has 1 aliphatic heterocycles. The molecule has 1 aromatic heterocycles. The minimum absolute atomic E-state index is 0.0909. The molecule has 0 spiro atoms. The Bertz CT molecular complexity index is 1420. The molecular formula is C29H34ClN5O5. The van der Waals surface area contributed by atoms with Crippen LogP contribution in [0.4, 0.5) is 0 Å². The van der Waals surface area contributed by atoms with Crippen LogP contribution in [0.25, 0.3) is 5.69 Å². The van der Waals surface area contributed by atoms with E-state index < -0.39 is 18.2 Å². The Balaban J connectivity index is 1.80. The number of rotatable bonds is 10. The van der Waals surface area contributed by atoms with Gasteiger partial charge in [0.15, 0.2) is 17.3 Å². The molecule has 1 aliphatic rings. The highest BCUT2D eigenvalue weighted by atomic mass is 35.5. The average Bonchev–Trinajstić information content (AvgIpc) is 3.34. The van der Waals surface area contributed by atoms with Gasteiger partial charge in [-0.05, 0) is 31.2 Å². The van der Waals surface area contributed by atoms with Gasteiger partial charge >= 0.3 is 5.97 Å². The maximum atomic E-state index is 12.1. The van der Waals surface area contributed by atoms with Gasteiger partial charge in [-0.2, -0.15) is 0 Å². The number of methoxy groups -OCH3 is 2. The third kappa shape index (κ3) is 5.83. The summed E-state index contributed by atoms with van der Waals surface area (Å²) in [7, 11) is 3.19. The fourth-order valence-electron chi connectivity index (χ4n) is 4.66. The van der Waals surface area contributed by atoms with Gasteiger partial charge in [-0.3, -0.25) is 9.56 Å². The maximum Gasteiger partial charge on any atom is 0.341 e. The number of carbonyl (C=O) groups is 1. The van der Waals surface area contributed by atoms with Crippen molar-refractivity contribution in [3.63, 3.8) is 0 Å². The fourth-order valence-corrected chi connectivity index (χ4v) is 4.85. The molecule has 0 saturated carbocycles. The van der Waals surface area contributed by atoms with E-state index in [0.29, 0.717) is 35.3 Å². The SMILES string of the molecule is CCOC(=O)C(C=NCCC1O[C@H](c2cccc(OC)c2OC)c2cc(Cl)ccc2-n2c(C(C)C)nnc21)=CN. The molecule has 11 heteroatoms. The number of halogens is 1. The normalized spacial score (nSPS) is 16.9. The van der Waals surface area contributed by atoms with Crippen molar-refractivity contribution in [1.29, 1.82) is 0 Å². The van der Waals surface area contributed by atoms with E-state index in [0.717, 1.165) is 22.6 Å². The van der Waals surface area contributed by atoms with Crippen molar-refractivity contribution in [1.82, 2.24) is 14.8 Å². The van der Waals surface area contributed by atoms with Gasteiger partial charge in [0.25, 0.3) is 0 Å². The van der Waals surface area contributed by atoms with Crippen molar-refractivity contribution in [2.45, 2.75) is 45.3 Å². The Kier molecular flexibility index (Phi) is 9.44. The first-order chi connectivity index (χ1) is 19.3. The van der Waals surface area contributed by atoms with Gasteiger partial charge in [-0.25, -0.2) is 4.79 Å². The molecule has 212 valence electrons. The predicted molar refractivity (Wildman–Crippen MR) is 153 cm³/mol. The summed E-state index contributed by atoms with van der Waals surface area (Å²) in [6, 6.07) is 11.4.